The van der Waals surface area contributed by atoms with E-state index in [0.717, 1.165) is 0 Å². The summed E-state index contributed by atoms with van der Waals surface area (Å²) in [4.78, 5) is 0. The molecule has 1 aliphatic carbocycles. The Labute approximate surface area is 821 Å². The molecule has 0 unspecified atom stereocenters. The zero-order valence-corrected chi connectivity index (χ0v) is 78.3. The Morgan fingerprint density at radius 2 is 0.383 bits per heavy atom. The predicted octanol–water partition coefficient (Wildman–Crippen LogP) is 39.5. The van der Waals surface area contributed by atoms with E-state index in [1.165, 1.54) is 274 Å². The van der Waals surface area contributed by atoms with Gasteiger partial charge in [0.1, 0.15) is 0 Å². The summed E-state index contributed by atoms with van der Waals surface area (Å²) in [5, 5.41) is 30.3. The molecule has 0 N–H and O–H groups in total. The number of hydrogen-bond acceptors (Lipinski definition) is 0. The third-order valence-corrected chi connectivity index (χ3v) is 29.9. The molecule has 0 aromatic heterocycles. The second kappa shape index (κ2) is 35.0. The summed E-state index contributed by atoms with van der Waals surface area (Å²) in [5.74, 6) is 0. The first-order chi connectivity index (χ1) is 69.7. The first-order valence-corrected chi connectivity index (χ1v) is 49.1. The van der Waals surface area contributed by atoms with Crippen LogP contribution in [-0.2, 0) is 5.41 Å². The van der Waals surface area contributed by atoms with Crippen LogP contribution in [0, 0.1) is 0 Å². The van der Waals surface area contributed by atoms with Gasteiger partial charge in [0.25, 0.3) is 0 Å². The van der Waals surface area contributed by atoms with E-state index in [-0.39, 0.29) is 5.41 Å². The Morgan fingerprint density at radius 3 is 0.837 bits per heavy atom. The summed E-state index contributed by atoms with van der Waals surface area (Å²) < 4.78 is 0. The first kappa shape index (κ1) is 83.6. The largest absolute Gasteiger partial charge is 0.0622 e. The molecule has 0 spiro atoms. The van der Waals surface area contributed by atoms with Gasteiger partial charge in [0.15, 0.2) is 0 Å². The van der Waals surface area contributed by atoms with E-state index in [9.17, 15) is 0 Å². The van der Waals surface area contributed by atoms with E-state index in [2.05, 4.69) is 548 Å². The SMILES string of the molecule is CC1(C)c2ccccc2-c2ccc(-c3cc(-c4c5ccccc5c(-c5ccccc5)c5ccccc45)c4ccccc4c3)cc21.c1ccc(-c2c3ccccc3c(-c3ccc(-c4ccc5ccccc5c4)c4cc(-c5ccc6ccccc6c5)ccc34)c3ccccc23)cc1.c1ccc(-c2cccc(-c3c4ccccc4c(-c4cc(-c5ccc6ccccc6c5)cc5ccccc45)c4ccccc34)c2)cc1. The number of fused-ring (bicyclic) bond motifs is 15. The van der Waals surface area contributed by atoms with Crippen molar-refractivity contribution >= 4 is 129 Å². The highest BCUT2D eigenvalue weighted by molar-refractivity contribution is 6.28. The van der Waals surface area contributed by atoms with Crippen LogP contribution in [0.1, 0.15) is 25.0 Å². The second-order valence-electron chi connectivity index (χ2n) is 38.2. The van der Waals surface area contributed by atoms with Gasteiger partial charge in [0.2, 0.25) is 0 Å². The highest BCUT2D eigenvalue weighted by Gasteiger charge is 2.36. The molecule has 0 heterocycles. The summed E-state index contributed by atoms with van der Waals surface area (Å²) in [7, 11) is 0. The molecule has 1 aliphatic rings. The minimum Gasteiger partial charge on any atom is -0.0622 e. The van der Waals surface area contributed by atoms with Crippen LogP contribution in [0.15, 0.2) is 534 Å². The minimum absolute atomic E-state index is 0.0404. The van der Waals surface area contributed by atoms with Gasteiger partial charge in [-0.25, -0.2) is 0 Å². The van der Waals surface area contributed by atoms with Crippen molar-refractivity contribution in [2.45, 2.75) is 19.3 Å². The maximum absolute atomic E-state index is 2.44. The van der Waals surface area contributed by atoms with Crippen LogP contribution in [0.25, 0.3) is 263 Å². The lowest BCUT2D eigenvalue weighted by Gasteiger charge is -2.22. The fourth-order valence-corrected chi connectivity index (χ4v) is 23.2. The predicted molar refractivity (Wildman–Crippen MR) is 607 cm³/mol. The van der Waals surface area contributed by atoms with Gasteiger partial charge in [-0.1, -0.05) is 487 Å². The van der Waals surface area contributed by atoms with E-state index >= 15 is 0 Å². The number of rotatable bonds is 11. The molecule has 0 saturated heterocycles. The zero-order chi connectivity index (χ0) is 93.6. The zero-order valence-electron chi connectivity index (χ0n) is 78.3. The molecular weight excluding hydrogens is 1690 g/mol. The highest BCUT2D eigenvalue weighted by atomic mass is 14.4. The van der Waals surface area contributed by atoms with Crippen molar-refractivity contribution in [3.8, 4) is 134 Å². The normalized spacial score (nSPS) is 12.1. The number of benzene rings is 27. The van der Waals surface area contributed by atoms with Crippen LogP contribution in [0.2, 0.25) is 0 Å². The standard InChI is InChI=1S/C50H32.C46H30.C45H32/c1-2-14-35(15-3-1)49-43-18-8-10-20-45(43)50(46-21-11-9-19-44(46)49)47-29-28-41(40-25-23-34-13-5-7-17-37(34)31-40)48-32-39(26-27-42(47)48)38-24-22-33-12-4-6-16-36(33)30-38;1-2-13-31(14-3-1)34-18-12-19-37(28-34)45-40-21-8-10-23-42(40)46(43-24-11-9-22-41(43)45)44-30-38(29-36-17-6-7-20-39(36)44)35-26-25-32-15-4-5-16-33(32)27-35;1-45(2)41-23-13-12-18-34(41)35-25-24-30(28-42(35)45)32-26-31-16-6-7-17-33(31)40(27-32)44-38-21-10-8-19-36(38)43(29-14-4-3-5-15-29)37-20-9-11-22-39(37)44/h1-32H;1-30H;3-28H,1-2H3. The fourth-order valence-electron chi connectivity index (χ4n) is 23.2. The average Bonchev–Trinajstić information content (AvgIpc) is 1.35. The van der Waals surface area contributed by atoms with Gasteiger partial charge >= 0.3 is 0 Å². The topological polar surface area (TPSA) is 0 Å². The smallest absolute Gasteiger partial charge is 0.0159 e. The maximum Gasteiger partial charge on any atom is 0.0159 e. The molecule has 658 valence electrons. The molecule has 0 saturated carbocycles. The van der Waals surface area contributed by atoms with Crippen LogP contribution in [0.3, 0.4) is 0 Å². The Hall–Kier alpha value is -17.9. The van der Waals surface area contributed by atoms with Crippen LogP contribution in [0.4, 0.5) is 0 Å². The van der Waals surface area contributed by atoms with Crippen LogP contribution >= 0.6 is 0 Å². The molecule has 0 aliphatic heterocycles. The lowest BCUT2D eigenvalue weighted by molar-refractivity contribution is 0.660. The van der Waals surface area contributed by atoms with E-state index in [1.54, 1.807) is 0 Å². The lowest BCUT2D eigenvalue weighted by atomic mass is 9.81. The van der Waals surface area contributed by atoms with E-state index in [0.29, 0.717) is 0 Å². The van der Waals surface area contributed by atoms with Gasteiger partial charge in [0.05, 0.1) is 0 Å². The van der Waals surface area contributed by atoms with Gasteiger partial charge in [0, 0.05) is 5.41 Å². The third kappa shape index (κ3) is 14.7. The Morgan fingerprint density at radius 1 is 0.106 bits per heavy atom. The molecular formula is C141H94. The summed E-state index contributed by atoms with van der Waals surface area (Å²) in [5.41, 5.74) is 33.1. The summed E-state index contributed by atoms with van der Waals surface area (Å²) in [6, 6.07) is 196. The summed E-state index contributed by atoms with van der Waals surface area (Å²) in [6.07, 6.45) is 0. The van der Waals surface area contributed by atoms with E-state index < -0.39 is 0 Å². The van der Waals surface area contributed by atoms with Crippen molar-refractivity contribution in [3.05, 3.63) is 545 Å². The molecule has 141 heavy (non-hydrogen) atoms. The van der Waals surface area contributed by atoms with Crippen LogP contribution in [0.5, 0.6) is 0 Å². The lowest BCUT2D eigenvalue weighted by Crippen LogP contribution is -2.14. The van der Waals surface area contributed by atoms with Gasteiger partial charge < -0.3 is 0 Å². The quantitative estimate of drug-likeness (QED) is 0.113. The summed E-state index contributed by atoms with van der Waals surface area (Å²) in [6.45, 7) is 4.72. The molecule has 0 fully saturated rings. The Balaban J connectivity index is 0.000000109. The van der Waals surface area contributed by atoms with Gasteiger partial charge in [-0.15, -0.1) is 0 Å². The van der Waals surface area contributed by atoms with Crippen molar-refractivity contribution in [2.24, 2.45) is 0 Å². The van der Waals surface area contributed by atoms with E-state index in [1.807, 2.05) is 0 Å². The monoisotopic (exact) mass is 1790 g/mol. The van der Waals surface area contributed by atoms with Crippen molar-refractivity contribution < 1.29 is 0 Å². The highest BCUT2D eigenvalue weighted by Crippen LogP contribution is 2.55. The third-order valence-electron chi connectivity index (χ3n) is 29.9. The molecule has 27 aromatic carbocycles. The molecule has 0 atom stereocenters. The second-order valence-corrected chi connectivity index (χ2v) is 38.2. The Bertz CT molecular complexity index is 9520. The summed E-state index contributed by atoms with van der Waals surface area (Å²) >= 11 is 0. The molecule has 27 aromatic rings. The van der Waals surface area contributed by atoms with Gasteiger partial charge in [-0.3, -0.25) is 0 Å². The van der Waals surface area contributed by atoms with Crippen LogP contribution < -0.4 is 0 Å². The minimum atomic E-state index is -0.0404. The van der Waals surface area contributed by atoms with Gasteiger partial charge in [-0.2, -0.15) is 0 Å². The van der Waals surface area contributed by atoms with E-state index in [4.69, 9.17) is 0 Å². The molecule has 0 heteroatoms. The molecule has 0 amide bonds. The molecule has 28 rings (SSSR count). The Kier molecular flexibility index (Phi) is 20.8. The number of hydrogen-bond donors (Lipinski definition) is 0. The van der Waals surface area contributed by atoms with Crippen molar-refractivity contribution in [2.75, 3.05) is 0 Å². The van der Waals surface area contributed by atoms with Crippen molar-refractivity contribution in [1.82, 2.24) is 0 Å². The van der Waals surface area contributed by atoms with Crippen LogP contribution in [-0.4, -0.2) is 0 Å². The molecule has 0 radical (unpaired) electrons. The first-order valence-electron chi connectivity index (χ1n) is 49.1. The fraction of sp³-hybridized carbons (Fsp3) is 0.0213. The van der Waals surface area contributed by atoms with Gasteiger partial charge in [-0.05, 0) is 335 Å². The van der Waals surface area contributed by atoms with Crippen molar-refractivity contribution in [3.63, 3.8) is 0 Å². The average molecular weight is 1790 g/mol. The molecule has 0 nitrogen and oxygen atoms in total. The molecule has 0 bridgehead atoms. The van der Waals surface area contributed by atoms with Crippen molar-refractivity contribution in [1.29, 1.82) is 0 Å². The maximum atomic E-state index is 2.44.